The second-order valence-electron chi connectivity index (χ2n) is 6.32. The van der Waals surface area contributed by atoms with Crippen molar-refractivity contribution in [3.05, 3.63) is 48.0 Å². The number of rotatable bonds is 5. The maximum atomic E-state index is 12.1. The highest BCUT2D eigenvalue weighted by atomic mass is 16.2. The topological polar surface area (TPSA) is 35.6 Å². The van der Waals surface area contributed by atoms with Crippen LogP contribution in [-0.4, -0.2) is 62.0 Å². The molecule has 0 saturated carbocycles. The summed E-state index contributed by atoms with van der Waals surface area (Å²) < 4.78 is 0. The van der Waals surface area contributed by atoms with Crippen molar-refractivity contribution in [1.82, 2.24) is 15.1 Å². The number of carbonyl (C=O) groups is 1. The summed E-state index contributed by atoms with van der Waals surface area (Å²) in [5.74, 6) is 0.134. The van der Waals surface area contributed by atoms with Gasteiger partial charge in [0.2, 0.25) is 5.91 Å². The van der Waals surface area contributed by atoms with E-state index < -0.39 is 0 Å². The highest BCUT2D eigenvalue weighted by Gasteiger charge is 2.16. The van der Waals surface area contributed by atoms with E-state index in [-0.39, 0.29) is 5.91 Å². The van der Waals surface area contributed by atoms with Gasteiger partial charge in [-0.1, -0.05) is 42.5 Å². The van der Waals surface area contributed by atoms with Gasteiger partial charge in [-0.05, 0) is 29.8 Å². The normalized spacial score (nSPS) is 16.6. The molecule has 1 N–H and O–H groups in total. The summed E-state index contributed by atoms with van der Waals surface area (Å²) in [5.41, 5.74) is 1.29. The first kappa shape index (κ1) is 16.0. The van der Waals surface area contributed by atoms with Crippen LogP contribution in [0.5, 0.6) is 0 Å². The molecule has 3 rings (SSSR count). The summed E-state index contributed by atoms with van der Waals surface area (Å²) in [4.78, 5) is 16.6. The summed E-state index contributed by atoms with van der Waals surface area (Å²) in [6, 6.07) is 14.8. The number of hydrogen-bond donors (Lipinski definition) is 1. The van der Waals surface area contributed by atoms with Crippen molar-refractivity contribution in [2.45, 2.75) is 6.42 Å². The number of hydrogen-bond acceptors (Lipinski definition) is 3. The molecule has 0 atom stereocenters. The molecular formula is C19H25N3O. The van der Waals surface area contributed by atoms with E-state index in [1.807, 2.05) is 0 Å². The van der Waals surface area contributed by atoms with Crippen molar-refractivity contribution in [3.63, 3.8) is 0 Å². The lowest BCUT2D eigenvalue weighted by atomic mass is 10.0. The van der Waals surface area contributed by atoms with Gasteiger partial charge in [-0.3, -0.25) is 9.69 Å². The van der Waals surface area contributed by atoms with E-state index in [0.29, 0.717) is 13.1 Å². The van der Waals surface area contributed by atoms with Gasteiger partial charge >= 0.3 is 0 Å². The number of piperazine rings is 1. The van der Waals surface area contributed by atoms with Gasteiger partial charge in [0.15, 0.2) is 0 Å². The SMILES string of the molecule is CN1CCN(CC(=O)NCCc2cccc3ccccc23)CC1. The Morgan fingerprint density at radius 2 is 1.78 bits per heavy atom. The fraction of sp³-hybridized carbons (Fsp3) is 0.421. The van der Waals surface area contributed by atoms with Crippen LogP contribution in [0.1, 0.15) is 5.56 Å². The first-order valence-corrected chi connectivity index (χ1v) is 8.36. The molecule has 1 aliphatic rings. The molecule has 0 aliphatic carbocycles. The molecule has 1 amide bonds. The van der Waals surface area contributed by atoms with Crippen molar-refractivity contribution in [2.75, 3.05) is 46.3 Å². The number of fused-ring (bicyclic) bond motifs is 1. The van der Waals surface area contributed by atoms with E-state index in [2.05, 4.69) is 64.6 Å². The van der Waals surface area contributed by atoms with Gasteiger partial charge in [0, 0.05) is 32.7 Å². The third-order valence-corrected chi connectivity index (χ3v) is 4.56. The first-order valence-electron chi connectivity index (χ1n) is 8.36. The van der Waals surface area contributed by atoms with Crippen LogP contribution >= 0.6 is 0 Å². The Labute approximate surface area is 138 Å². The zero-order valence-electron chi connectivity index (χ0n) is 13.8. The predicted molar refractivity (Wildman–Crippen MR) is 94.6 cm³/mol. The monoisotopic (exact) mass is 311 g/mol. The molecule has 0 radical (unpaired) electrons. The summed E-state index contributed by atoms with van der Waals surface area (Å²) >= 11 is 0. The van der Waals surface area contributed by atoms with Gasteiger partial charge in [0.05, 0.1) is 6.54 Å². The van der Waals surface area contributed by atoms with Gasteiger partial charge in [0.1, 0.15) is 0 Å². The molecule has 0 unspecified atom stereocenters. The number of benzene rings is 2. The Kier molecular flexibility index (Phi) is 5.26. The molecule has 4 nitrogen and oxygen atoms in total. The summed E-state index contributed by atoms with van der Waals surface area (Å²) in [6.07, 6.45) is 0.871. The van der Waals surface area contributed by atoms with Crippen LogP contribution in [0.4, 0.5) is 0 Å². The Morgan fingerprint density at radius 1 is 1.04 bits per heavy atom. The van der Waals surface area contributed by atoms with Crippen LogP contribution in [0.2, 0.25) is 0 Å². The molecule has 2 aromatic carbocycles. The van der Waals surface area contributed by atoms with Gasteiger partial charge in [-0.15, -0.1) is 0 Å². The Morgan fingerprint density at radius 3 is 2.61 bits per heavy atom. The van der Waals surface area contributed by atoms with E-state index in [0.717, 1.165) is 32.6 Å². The molecule has 1 saturated heterocycles. The van der Waals surface area contributed by atoms with Crippen LogP contribution in [0.25, 0.3) is 10.8 Å². The van der Waals surface area contributed by atoms with E-state index in [1.54, 1.807) is 0 Å². The maximum absolute atomic E-state index is 12.1. The molecule has 0 spiro atoms. The second-order valence-corrected chi connectivity index (χ2v) is 6.32. The average molecular weight is 311 g/mol. The van der Waals surface area contributed by atoms with Crippen molar-refractivity contribution in [2.24, 2.45) is 0 Å². The molecule has 23 heavy (non-hydrogen) atoms. The Hall–Kier alpha value is -1.91. The van der Waals surface area contributed by atoms with E-state index in [4.69, 9.17) is 0 Å². The third-order valence-electron chi connectivity index (χ3n) is 4.56. The van der Waals surface area contributed by atoms with Crippen molar-refractivity contribution < 1.29 is 4.79 Å². The van der Waals surface area contributed by atoms with Crippen molar-refractivity contribution in [1.29, 1.82) is 0 Å². The van der Waals surface area contributed by atoms with Crippen LogP contribution in [0.3, 0.4) is 0 Å². The third kappa shape index (κ3) is 4.30. The van der Waals surface area contributed by atoms with Crippen molar-refractivity contribution in [3.8, 4) is 0 Å². The molecule has 122 valence electrons. The number of likely N-dealkylation sites (N-methyl/N-ethyl adjacent to an activating group) is 1. The minimum atomic E-state index is 0.134. The smallest absolute Gasteiger partial charge is 0.234 e. The molecule has 1 heterocycles. The summed E-state index contributed by atoms with van der Waals surface area (Å²) in [5, 5.41) is 5.60. The van der Waals surface area contributed by atoms with Gasteiger partial charge < -0.3 is 10.2 Å². The molecule has 0 bridgehead atoms. The molecule has 1 aliphatic heterocycles. The Bertz CT molecular complexity index is 657. The van der Waals surface area contributed by atoms with E-state index in [9.17, 15) is 4.79 Å². The first-order chi connectivity index (χ1) is 11.2. The largest absolute Gasteiger partial charge is 0.355 e. The lowest BCUT2D eigenvalue weighted by Gasteiger charge is -2.31. The highest BCUT2D eigenvalue weighted by molar-refractivity contribution is 5.85. The maximum Gasteiger partial charge on any atom is 0.234 e. The number of carbonyl (C=O) groups excluding carboxylic acids is 1. The highest BCUT2D eigenvalue weighted by Crippen LogP contribution is 2.18. The summed E-state index contributed by atoms with van der Waals surface area (Å²) in [7, 11) is 2.13. The van der Waals surface area contributed by atoms with Crippen LogP contribution < -0.4 is 5.32 Å². The minimum Gasteiger partial charge on any atom is -0.355 e. The Balaban J connectivity index is 1.48. The number of nitrogens with zero attached hydrogens (tertiary/aromatic N) is 2. The molecule has 4 heteroatoms. The standard InChI is InChI=1S/C19H25N3O/c1-21-11-13-22(14-12-21)15-19(23)20-10-9-17-7-4-6-16-5-2-3-8-18(16)17/h2-8H,9-15H2,1H3,(H,20,23). The molecule has 0 aromatic heterocycles. The van der Waals surface area contributed by atoms with Gasteiger partial charge in [-0.2, -0.15) is 0 Å². The fourth-order valence-corrected chi connectivity index (χ4v) is 3.11. The fourth-order valence-electron chi connectivity index (χ4n) is 3.11. The molecule has 2 aromatic rings. The van der Waals surface area contributed by atoms with E-state index in [1.165, 1.54) is 16.3 Å². The summed E-state index contributed by atoms with van der Waals surface area (Å²) in [6.45, 7) is 5.26. The number of nitrogens with one attached hydrogen (secondary N) is 1. The lowest BCUT2D eigenvalue weighted by molar-refractivity contribution is -0.122. The zero-order valence-corrected chi connectivity index (χ0v) is 13.8. The van der Waals surface area contributed by atoms with Gasteiger partial charge in [-0.25, -0.2) is 0 Å². The molecule has 1 fully saturated rings. The molecular weight excluding hydrogens is 286 g/mol. The van der Waals surface area contributed by atoms with Crippen LogP contribution in [0.15, 0.2) is 42.5 Å². The zero-order chi connectivity index (χ0) is 16.1. The number of amides is 1. The van der Waals surface area contributed by atoms with Crippen molar-refractivity contribution >= 4 is 16.7 Å². The average Bonchev–Trinajstić information content (AvgIpc) is 2.57. The second kappa shape index (κ2) is 7.57. The quantitative estimate of drug-likeness (QED) is 0.914. The van der Waals surface area contributed by atoms with Gasteiger partial charge in [0.25, 0.3) is 0 Å². The minimum absolute atomic E-state index is 0.134. The lowest BCUT2D eigenvalue weighted by Crippen LogP contribution is -2.48. The van der Waals surface area contributed by atoms with Crippen LogP contribution in [-0.2, 0) is 11.2 Å². The predicted octanol–water partition coefficient (Wildman–Crippen LogP) is 1.75. The van der Waals surface area contributed by atoms with Crippen LogP contribution in [0, 0.1) is 0 Å². The van der Waals surface area contributed by atoms with E-state index >= 15 is 0 Å².